The monoisotopic (exact) mass is 326 g/mol. The van der Waals surface area contributed by atoms with E-state index in [4.69, 9.17) is 10.1 Å². The maximum Gasteiger partial charge on any atom is 0.330 e. The molecule has 1 saturated heterocycles. The molecule has 0 amide bonds. The third-order valence-electron chi connectivity index (χ3n) is 4.30. The van der Waals surface area contributed by atoms with Crippen LogP contribution in [0.15, 0.2) is 46.1 Å². The standard InChI is InChI=1S/C17H18N4O3/c1-19-16(22)13(9-18)10-21(17(19)23)11-14-8-15(20(2)24-14)12-6-4-3-5-7-12/h3-7,10,14-15H,8,11H2,1-2H3/t14-,15+/m1/s1. The molecule has 0 radical (unpaired) electrons. The van der Waals surface area contributed by atoms with Gasteiger partial charge in [0.1, 0.15) is 11.6 Å². The van der Waals surface area contributed by atoms with E-state index in [0.717, 1.165) is 16.6 Å². The van der Waals surface area contributed by atoms with Crippen molar-refractivity contribution in [3.05, 3.63) is 68.5 Å². The van der Waals surface area contributed by atoms with Crippen LogP contribution in [0.5, 0.6) is 0 Å². The Morgan fingerprint density at radius 1 is 1.25 bits per heavy atom. The number of hydroxylamine groups is 2. The lowest BCUT2D eigenvalue weighted by Crippen LogP contribution is -2.40. The molecule has 0 aliphatic carbocycles. The zero-order valence-corrected chi connectivity index (χ0v) is 13.5. The summed E-state index contributed by atoms with van der Waals surface area (Å²) in [5.74, 6) is 0. The fourth-order valence-corrected chi connectivity index (χ4v) is 3.03. The molecule has 1 aliphatic rings. The zero-order chi connectivity index (χ0) is 17.3. The quantitative estimate of drug-likeness (QED) is 0.833. The molecule has 1 aromatic heterocycles. The van der Waals surface area contributed by atoms with E-state index in [-0.39, 0.29) is 24.3 Å². The molecule has 1 aromatic carbocycles. The minimum Gasteiger partial charge on any atom is -0.296 e. The molecule has 7 heteroatoms. The van der Waals surface area contributed by atoms with Crippen LogP contribution in [0, 0.1) is 11.3 Å². The number of nitriles is 1. The van der Waals surface area contributed by atoms with Crippen molar-refractivity contribution >= 4 is 0 Å². The van der Waals surface area contributed by atoms with Gasteiger partial charge in [0.25, 0.3) is 5.56 Å². The molecule has 24 heavy (non-hydrogen) atoms. The SMILES string of the molecule is CN1O[C@@H](Cn2cc(C#N)c(=O)n(C)c2=O)C[C@H]1c1ccccc1. The van der Waals surface area contributed by atoms with Crippen molar-refractivity contribution in [3.8, 4) is 6.07 Å². The molecule has 0 unspecified atom stereocenters. The second-order valence-electron chi connectivity index (χ2n) is 5.89. The van der Waals surface area contributed by atoms with E-state index in [2.05, 4.69) is 0 Å². The van der Waals surface area contributed by atoms with Crippen LogP contribution in [0.3, 0.4) is 0 Å². The Labute approximate surface area is 138 Å². The maximum absolute atomic E-state index is 12.2. The van der Waals surface area contributed by atoms with Crippen molar-refractivity contribution in [2.75, 3.05) is 7.05 Å². The number of hydrogen-bond acceptors (Lipinski definition) is 5. The highest BCUT2D eigenvalue weighted by Crippen LogP contribution is 2.32. The van der Waals surface area contributed by atoms with E-state index in [1.54, 1.807) is 5.06 Å². The molecule has 2 aromatic rings. The predicted octanol–water partition coefficient (Wildman–Crippen LogP) is 0.796. The van der Waals surface area contributed by atoms with Crippen LogP contribution in [-0.4, -0.2) is 27.3 Å². The molecule has 1 aliphatic heterocycles. The van der Waals surface area contributed by atoms with Crippen LogP contribution < -0.4 is 11.2 Å². The van der Waals surface area contributed by atoms with Gasteiger partial charge in [0.05, 0.1) is 18.7 Å². The molecule has 3 rings (SSSR count). The van der Waals surface area contributed by atoms with Crippen molar-refractivity contribution in [2.24, 2.45) is 7.05 Å². The predicted molar refractivity (Wildman–Crippen MR) is 87.1 cm³/mol. The second kappa shape index (κ2) is 6.43. The van der Waals surface area contributed by atoms with Crippen LogP contribution in [-0.2, 0) is 18.4 Å². The average molecular weight is 326 g/mol. The van der Waals surface area contributed by atoms with E-state index in [9.17, 15) is 9.59 Å². The van der Waals surface area contributed by atoms with Gasteiger partial charge in [0.2, 0.25) is 0 Å². The summed E-state index contributed by atoms with van der Waals surface area (Å²) in [6.07, 6.45) is 1.82. The second-order valence-corrected chi connectivity index (χ2v) is 5.89. The number of benzene rings is 1. The third-order valence-corrected chi connectivity index (χ3v) is 4.30. The van der Waals surface area contributed by atoms with Gasteiger partial charge in [-0.15, -0.1) is 0 Å². The summed E-state index contributed by atoms with van der Waals surface area (Å²) in [6.45, 7) is 0.287. The van der Waals surface area contributed by atoms with Crippen molar-refractivity contribution in [2.45, 2.75) is 25.1 Å². The van der Waals surface area contributed by atoms with E-state index in [0.29, 0.717) is 0 Å². The summed E-state index contributed by atoms with van der Waals surface area (Å²) in [5.41, 5.74) is 0.0647. The Bertz CT molecular complexity index is 895. The lowest BCUT2D eigenvalue weighted by molar-refractivity contribution is -0.147. The topological polar surface area (TPSA) is 80.3 Å². The van der Waals surface area contributed by atoms with Gasteiger partial charge in [-0.1, -0.05) is 30.3 Å². The van der Waals surface area contributed by atoms with Crippen LogP contribution in [0.25, 0.3) is 0 Å². The fourth-order valence-electron chi connectivity index (χ4n) is 3.03. The van der Waals surface area contributed by atoms with Crippen LogP contribution in [0.2, 0.25) is 0 Å². The van der Waals surface area contributed by atoms with E-state index < -0.39 is 11.2 Å². The highest BCUT2D eigenvalue weighted by atomic mass is 16.7. The summed E-state index contributed by atoms with van der Waals surface area (Å²) in [5, 5.41) is 10.8. The fraction of sp³-hybridized carbons (Fsp3) is 0.353. The molecule has 1 fully saturated rings. The maximum atomic E-state index is 12.2. The highest BCUT2D eigenvalue weighted by molar-refractivity contribution is 5.22. The van der Waals surface area contributed by atoms with Crippen LogP contribution in [0.1, 0.15) is 23.6 Å². The van der Waals surface area contributed by atoms with Gasteiger partial charge in [-0.25, -0.2) is 4.79 Å². The molecular formula is C17H18N4O3. The Kier molecular flexibility index (Phi) is 4.34. The van der Waals surface area contributed by atoms with E-state index >= 15 is 0 Å². The first-order valence-electron chi connectivity index (χ1n) is 7.66. The van der Waals surface area contributed by atoms with Crippen molar-refractivity contribution < 1.29 is 4.84 Å². The number of rotatable bonds is 3. The van der Waals surface area contributed by atoms with Gasteiger partial charge in [-0.05, 0) is 12.0 Å². The molecule has 0 spiro atoms. The van der Waals surface area contributed by atoms with Gasteiger partial charge in [-0.3, -0.25) is 18.8 Å². The number of hydrogen-bond donors (Lipinski definition) is 0. The third kappa shape index (κ3) is 2.89. The van der Waals surface area contributed by atoms with Crippen LogP contribution >= 0.6 is 0 Å². The Morgan fingerprint density at radius 2 is 1.96 bits per heavy atom. The number of aromatic nitrogens is 2. The molecule has 7 nitrogen and oxygen atoms in total. The summed E-state index contributed by atoms with van der Waals surface area (Å²) in [7, 11) is 3.23. The first-order valence-corrected chi connectivity index (χ1v) is 7.66. The molecule has 124 valence electrons. The summed E-state index contributed by atoms with van der Waals surface area (Å²) >= 11 is 0. The number of nitrogens with zero attached hydrogens (tertiary/aromatic N) is 4. The van der Waals surface area contributed by atoms with Crippen molar-refractivity contribution in [1.29, 1.82) is 5.26 Å². The first-order chi connectivity index (χ1) is 11.5. The van der Waals surface area contributed by atoms with Gasteiger partial charge >= 0.3 is 5.69 Å². The first kappa shape index (κ1) is 16.2. The van der Waals surface area contributed by atoms with Gasteiger partial charge in [0, 0.05) is 20.3 Å². The Balaban J connectivity index is 1.84. The molecule has 0 saturated carbocycles. The molecule has 2 heterocycles. The molecule has 0 N–H and O–H groups in total. The van der Waals surface area contributed by atoms with Crippen molar-refractivity contribution in [3.63, 3.8) is 0 Å². The van der Waals surface area contributed by atoms with Crippen LogP contribution in [0.4, 0.5) is 0 Å². The lowest BCUT2D eigenvalue weighted by Gasteiger charge is -2.17. The minimum absolute atomic E-state index is 0.0527. The van der Waals surface area contributed by atoms with E-state index in [1.807, 2.05) is 43.4 Å². The van der Waals surface area contributed by atoms with Gasteiger partial charge in [-0.2, -0.15) is 10.3 Å². The van der Waals surface area contributed by atoms with Crippen molar-refractivity contribution in [1.82, 2.24) is 14.2 Å². The summed E-state index contributed by atoms with van der Waals surface area (Å²) in [6, 6.07) is 11.9. The van der Waals surface area contributed by atoms with Gasteiger partial charge in [0.15, 0.2) is 0 Å². The van der Waals surface area contributed by atoms with E-state index in [1.165, 1.54) is 17.8 Å². The minimum atomic E-state index is -0.578. The summed E-state index contributed by atoms with van der Waals surface area (Å²) in [4.78, 5) is 29.8. The Morgan fingerprint density at radius 3 is 2.62 bits per heavy atom. The Hall–Kier alpha value is -2.69. The largest absolute Gasteiger partial charge is 0.330 e. The molecule has 0 bridgehead atoms. The molecular weight excluding hydrogens is 308 g/mol. The zero-order valence-electron chi connectivity index (χ0n) is 13.5. The van der Waals surface area contributed by atoms with Gasteiger partial charge < -0.3 is 0 Å². The highest BCUT2D eigenvalue weighted by Gasteiger charge is 2.32. The molecule has 2 atom stereocenters. The smallest absolute Gasteiger partial charge is 0.296 e. The summed E-state index contributed by atoms with van der Waals surface area (Å²) < 4.78 is 2.32. The lowest BCUT2D eigenvalue weighted by atomic mass is 10.0. The average Bonchev–Trinajstić information content (AvgIpc) is 2.96. The normalized spacial score (nSPS) is 20.9.